The second-order valence-corrected chi connectivity index (χ2v) is 4.51. The van der Waals surface area contributed by atoms with E-state index in [1.165, 1.54) is 0 Å². The average Bonchev–Trinajstić information content (AvgIpc) is 2.55. The van der Waals surface area contributed by atoms with Crippen molar-refractivity contribution in [2.75, 3.05) is 19.0 Å². The topological polar surface area (TPSA) is 66.5 Å². The van der Waals surface area contributed by atoms with E-state index in [1.54, 1.807) is 4.90 Å². The van der Waals surface area contributed by atoms with Crippen LogP contribution in [0.25, 0.3) is 0 Å². The average molecular weight is 245 g/mol. The molecule has 0 unspecified atom stereocenters. The Hall–Kier alpha value is -1.10. The van der Waals surface area contributed by atoms with Gasteiger partial charge in [0, 0.05) is 25.4 Å². The maximum Gasteiger partial charge on any atom is 0.232 e. The minimum atomic E-state index is -0.361. The Bertz CT molecular complexity index is 345. The van der Waals surface area contributed by atoms with Gasteiger partial charge in [0.05, 0.1) is 11.8 Å². The van der Waals surface area contributed by atoms with Crippen molar-refractivity contribution in [3.05, 3.63) is 0 Å². The van der Waals surface area contributed by atoms with Gasteiger partial charge in [0.15, 0.2) is 0 Å². The highest BCUT2D eigenvalue weighted by atomic mass is 35.5. The fourth-order valence-corrected chi connectivity index (χ4v) is 2.47. The summed E-state index contributed by atoms with van der Waals surface area (Å²) in [6.07, 6.45) is 0.852. The molecule has 6 heteroatoms. The molecule has 5 nitrogen and oxygen atoms in total. The monoisotopic (exact) mass is 244 g/mol. The van der Waals surface area contributed by atoms with Crippen LogP contribution in [0.3, 0.4) is 0 Å². The quantitative estimate of drug-likeness (QED) is 0.538. The van der Waals surface area contributed by atoms with Crippen molar-refractivity contribution >= 4 is 29.3 Å². The molecule has 0 saturated carbocycles. The molecule has 2 aliphatic heterocycles. The lowest BCUT2D eigenvalue weighted by Crippen LogP contribution is -2.45. The number of fused-ring (bicyclic) bond motifs is 1. The SMILES string of the molecule is O=C1NC(=O)[C@@H]2CN(C(=O)CCCl)CC[C@H]12. The second-order valence-electron chi connectivity index (χ2n) is 4.13. The summed E-state index contributed by atoms with van der Waals surface area (Å²) in [6, 6.07) is 0. The zero-order valence-corrected chi connectivity index (χ0v) is 9.50. The molecule has 2 atom stereocenters. The van der Waals surface area contributed by atoms with Crippen LogP contribution in [0.1, 0.15) is 12.8 Å². The molecule has 0 spiro atoms. The van der Waals surface area contributed by atoms with Crippen molar-refractivity contribution in [1.82, 2.24) is 10.2 Å². The molecule has 0 aromatic carbocycles. The smallest absolute Gasteiger partial charge is 0.232 e. The van der Waals surface area contributed by atoms with Crippen molar-refractivity contribution < 1.29 is 14.4 Å². The lowest BCUT2D eigenvalue weighted by atomic mass is 9.87. The molecule has 16 heavy (non-hydrogen) atoms. The molecule has 0 bridgehead atoms. The molecular formula is C10H13ClN2O3. The maximum atomic E-state index is 11.6. The number of rotatable bonds is 2. The third-order valence-electron chi connectivity index (χ3n) is 3.19. The molecular weight excluding hydrogens is 232 g/mol. The number of likely N-dealkylation sites (tertiary alicyclic amines) is 1. The number of imide groups is 1. The van der Waals surface area contributed by atoms with Crippen molar-refractivity contribution in [2.24, 2.45) is 11.8 Å². The minimum absolute atomic E-state index is 0.0411. The number of hydrogen-bond acceptors (Lipinski definition) is 3. The summed E-state index contributed by atoms with van der Waals surface area (Å²) in [5.41, 5.74) is 0. The van der Waals surface area contributed by atoms with Gasteiger partial charge in [-0.05, 0) is 6.42 Å². The lowest BCUT2D eigenvalue weighted by molar-refractivity contribution is -0.136. The molecule has 2 fully saturated rings. The predicted octanol–water partition coefficient (Wildman–Crippen LogP) is -0.264. The van der Waals surface area contributed by atoms with Gasteiger partial charge in [-0.25, -0.2) is 0 Å². The molecule has 1 N–H and O–H groups in total. The Labute approximate surface area is 98.1 Å². The van der Waals surface area contributed by atoms with Gasteiger partial charge in [0.1, 0.15) is 0 Å². The highest BCUT2D eigenvalue weighted by Gasteiger charge is 2.45. The highest BCUT2D eigenvalue weighted by Crippen LogP contribution is 2.28. The van der Waals surface area contributed by atoms with E-state index in [0.717, 1.165) is 0 Å². The van der Waals surface area contributed by atoms with Crippen molar-refractivity contribution in [3.63, 3.8) is 0 Å². The van der Waals surface area contributed by atoms with Crippen LogP contribution in [0, 0.1) is 11.8 Å². The number of carbonyl (C=O) groups excluding carboxylic acids is 3. The van der Waals surface area contributed by atoms with E-state index in [1.807, 2.05) is 0 Å². The number of piperidine rings is 1. The maximum absolute atomic E-state index is 11.6. The highest BCUT2D eigenvalue weighted by molar-refractivity contribution is 6.18. The summed E-state index contributed by atoms with van der Waals surface area (Å²) < 4.78 is 0. The van der Waals surface area contributed by atoms with Gasteiger partial charge < -0.3 is 4.90 Å². The van der Waals surface area contributed by atoms with E-state index < -0.39 is 0 Å². The zero-order chi connectivity index (χ0) is 11.7. The van der Waals surface area contributed by atoms with Crippen LogP contribution in [0.5, 0.6) is 0 Å². The number of carbonyl (C=O) groups is 3. The van der Waals surface area contributed by atoms with Crippen molar-refractivity contribution in [3.8, 4) is 0 Å². The van der Waals surface area contributed by atoms with Crippen LogP contribution in [-0.4, -0.2) is 41.6 Å². The summed E-state index contributed by atoms with van der Waals surface area (Å²) in [4.78, 5) is 36.0. The number of amides is 3. The molecule has 3 amide bonds. The molecule has 2 heterocycles. The van der Waals surface area contributed by atoms with E-state index in [2.05, 4.69) is 5.32 Å². The summed E-state index contributed by atoms with van der Waals surface area (Å²) in [5.74, 6) is -0.805. The fourth-order valence-electron chi connectivity index (χ4n) is 2.30. The van der Waals surface area contributed by atoms with Gasteiger partial charge in [-0.2, -0.15) is 0 Å². The minimum Gasteiger partial charge on any atom is -0.342 e. The standard InChI is InChI=1S/C10H13ClN2O3/c11-3-1-8(14)13-4-2-6-7(5-13)10(16)12-9(6)15/h6-7H,1-5H2,(H,12,15,16)/t6-,7+/m0/s1. The Morgan fingerprint density at radius 2 is 2.06 bits per heavy atom. The van der Waals surface area contributed by atoms with Gasteiger partial charge >= 0.3 is 0 Å². The normalized spacial score (nSPS) is 28.9. The van der Waals surface area contributed by atoms with Crippen LogP contribution in [0.15, 0.2) is 0 Å². The summed E-state index contributed by atoms with van der Waals surface area (Å²) in [6.45, 7) is 0.884. The van der Waals surface area contributed by atoms with Crippen molar-refractivity contribution in [2.45, 2.75) is 12.8 Å². The molecule has 2 rings (SSSR count). The number of hydrogen-bond donors (Lipinski definition) is 1. The van der Waals surface area contributed by atoms with Gasteiger partial charge in [-0.15, -0.1) is 11.6 Å². The van der Waals surface area contributed by atoms with Crippen LogP contribution in [0.2, 0.25) is 0 Å². The Morgan fingerprint density at radius 1 is 1.38 bits per heavy atom. The van der Waals surface area contributed by atoms with Crippen LogP contribution >= 0.6 is 11.6 Å². The van der Waals surface area contributed by atoms with Gasteiger partial charge in [-0.1, -0.05) is 0 Å². The van der Waals surface area contributed by atoms with E-state index in [0.29, 0.717) is 19.5 Å². The van der Waals surface area contributed by atoms with Gasteiger partial charge in [0.25, 0.3) is 0 Å². The molecule has 0 aromatic rings. The Balaban J connectivity index is 2.02. The molecule has 0 radical (unpaired) electrons. The molecule has 0 aromatic heterocycles. The van der Waals surface area contributed by atoms with E-state index in [9.17, 15) is 14.4 Å². The summed E-state index contributed by atoms with van der Waals surface area (Å²) in [7, 11) is 0. The van der Waals surface area contributed by atoms with Crippen molar-refractivity contribution in [1.29, 1.82) is 0 Å². The van der Waals surface area contributed by atoms with Gasteiger partial charge in [-0.3, -0.25) is 19.7 Å². The molecule has 2 aliphatic rings. The lowest BCUT2D eigenvalue weighted by Gasteiger charge is -2.32. The molecule has 2 saturated heterocycles. The second kappa shape index (κ2) is 4.41. The van der Waals surface area contributed by atoms with E-state index in [-0.39, 0.29) is 41.9 Å². The first kappa shape index (κ1) is 11.4. The Kier molecular flexibility index (Phi) is 3.14. The largest absolute Gasteiger partial charge is 0.342 e. The Morgan fingerprint density at radius 3 is 2.75 bits per heavy atom. The number of halogens is 1. The van der Waals surface area contributed by atoms with E-state index >= 15 is 0 Å². The number of alkyl halides is 1. The summed E-state index contributed by atoms with van der Waals surface area (Å²) in [5, 5.41) is 2.31. The van der Waals surface area contributed by atoms with Crippen LogP contribution in [0.4, 0.5) is 0 Å². The first-order valence-electron chi connectivity index (χ1n) is 5.32. The van der Waals surface area contributed by atoms with E-state index in [4.69, 9.17) is 11.6 Å². The third-order valence-corrected chi connectivity index (χ3v) is 3.38. The van der Waals surface area contributed by atoms with Crippen LogP contribution in [-0.2, 0) is 14.4 Å². The zero-order valence-electron chi connectivity index (χ0n) is 8.74. The summed E-state index contributed by atoms with van der Waals surface area (Å²) >= 11 is 5.50. The number of nitrogens with one attached hydrogen (secondary N) is 1. The first-order chi connectivity index (χ1) is 7.63. The van der Waals surface area contributed by atoms with Gasteiger partial charge in [0.2, 0.25) is 17.7 Å². The molecule has 0 aliphatic carbocycles. The third kappa shape index (κ3) is 1.91. The number of nitrogens with zero attached hydrogens (tertiary/aromatic N) is 1. The molecule has 88 valence electrons. The van der Waals surface area contributed by atoms with Crippen LogP contribution < -0.4 is 5.32 Å². The first-order valence-corrected chi connectivity index (χ1v) is 5.85. The predicted molar refractivity (Wildman–Crippen MR) is 56.7 cm³/mol. The fraction of sp³-hybridized carbons (Fsp3) is 0.700.